The quantitative estimate of drug-likeness (QED) is 0.499. The summed E-state index contributed by atoms with van der Waals surface area (Å²) in [5.74, 6) is 1.30. The number of rotatable bonds is 7. The molecule has 0 N–H and O–H groups in total. The zero-order chi connectivity index (χ0) is 10.9. The Labute approximate surface area is 106 Å². The normalized spacial score (nSPS) is 12.7. The average Bonchev–Trinajstić information content (AvgIpc) is 2.30. The molecule has 1 rings (SSSR count). The van der Waals surface area contributed by atoms with Crippen molar-refractivity contribution < 1.29 is 0 Å². The first-order valence-electron chi connectivity index (χ1n) is 5.52. The lowest BCUT2D eigenvalue weighted by Gasteiger charge is -2.09. The van der Waals surface area contributed by atoms with Crippen LogP contribution in [0.1, 0.15) is 36.1 Å². The van der Waals surface area contributed by atoms with Gasteiger partial charge in [0.2, 0.25) is 0 Å². The molecular weight excluding hydrogens is 268 g/mol. The van der Waals surface area contributed by atoms with E-state index in [2.05, 4.69) is 52.5 Å². The SMILES string of the molecule is CSCCCCCC(Br)c1ccccc1. The van der Waals surface area contributed by atoms with Crippen LogP contribution >= 0.6 is 27.7 Å². The van der Waals surface area contributed by atoms with Crippen molar-refractivity contribution >= 4 is 27.7 Å². The second-order valence-electron chi connectivity index (χ2n) is 3.72. The van der Waals surface area contributed by atoms with Crippen molar-refractivity contribution in [2.75, 3.05) is 12.0 Å². The Morgan fingerprint density at radius 1 is 1.13 bits per heavy atom. The van der Waals surface area contributed by atoms with Crippen LogP contribution in [0.3, 0.4) is 0 Å². The van der Waals surface area contributed by atoms with Crippen LogP contribution < -0.4 is 0 Å². The molecule has 2 heteroatoms. The highest BCUT2D eigenvalue weighted by Crippen LogP contribution is 2.28. The largest absolute Gasteiger partial charge is 0.165 e. The van der Waals surface area contributed by atoms with Gasteiger partial charge >= 0.3 is 0 Å². The third-order valence-electron chi connectivity index (χ3n) is 2.47. The Bertz CT molecular complexity index is 248. The molecule has 0 spiro atoms. The van der Waals surface area contributed by atoms with Crippen LogP contribution in [-0.4, -0.2) is 12.0 Å². The molecule has 84 valence electrons. The van der Waals surface area contributed by atoms with Crippen LogP contribution in [0.15, 0.2) is 30.3 Å². The van der Waals surface area contributed by atoms with Crippen molar-refractivity contribution in [3.8, 4) is 0 Å². The first kappa shape index (κ1) is 13.1. The smallest absolute Gasteiger partial charge is 0.0395 e. The van der Waals surface area contributed by atoms with Crippen LogP contribution in [0.25, 0.3) is 0 Å². The second kappa shape index (κ2) is 8.23. The van der Waals surface area contributed by atoms with Gasteiger partial charge in [-0.1, -0.05) is 59.1 Å². The maximum Gasteiger partial charge on any atom is 0.0395 e. The molecule has 0 amide bonds. The minimum absolute atomic E-state index is 0.535. The summed E-state index contributed by atoms with van der Waals surface area (Å²) in [7, 11) is 0. The van der Waals surface area contributed by atoms with Crippen LogP contribution in [0.2, 0.25) is 0 Å². The summed E-state index contributed by atoms with van der Waals surface area (Å²) in [6, 6.07) is 10.7. The summed E-state index contributed by atoms with van der Waals surface area (Å²) < 4.78 is 0. The van der Waals surface area contributed by atoms with Crippen molar-refractivity contribution in [3.05, 3.63) is 35.9 Å². The Morgan fingerprint density at radius 3 is 2.53 bits per heavy atom. The van der Waals surface area contributed by atoms with Gasteiger partial charge in [0.05, 0.1) is 0 Å². The molecule has 1 atom stereocenters. The van der Waals surface area contributed by atoms with Gasteiger partial charge in [-0.3, -0.25) is 0 Å². The number of benzene rings is 1. The van der Waals surface area contributed by atoms with Crippen LogP contribution in [0.5, 0.6) is 0 Å². The van der Waals surface area contributed by atoms with E-state index in [0.717, 1.165) is 0 Å². The molecule has 0 radical (unpaired) electrons. The van der Waals surface area contributed by atoms with Gasteiger partial charge in [-0.05, 0) is 30.4 Å². The molecular formula is C13H19BrS. The molecule has 1 unspecified atom stereocenters. The van der Waals surface area contributed by atoms with Crippen molar-refractivity contribution in [1.29, 1.82) is 0 Å². The lowest BCUT2D eigenvalue weighted by molar-refractivity contribution is 0.667. The number of hydrogen-bond donors (Lipinski definition) is 0. The Morgan fingerprint density at radius 2 is 1.87 bits per heavy atom. The number of unbranched alkanes of at least 4 members (excludes halogenated alkanes) is 2. The standard InChI is InChI=1S/C13H19BrS/c1-15-11-7-3-6-10-13(14)12-8-4-2-5-9-12/h2,4-5,8-9,13H,3,6-7,10-11H2,1H3. The van der Waals surface area contributed by atoms with E-state index in [4.69, 9.17) is 0 Å². The average molecular weight is 287 g/mol. The van der Waals surface area contributed by atoms with E-state index in [1.807, 2.05) is 11.8 Å². The molecule has 0 aliphatic carbocycles. The third kappa shape index (κ3) is 5.62. The topological polar surface area (TPSA) is 0 Å². The van der Waals surface area contributed by atoms with E-state index in [9.17, 15) is 0 Å². The zero-order valence-electron chi connectivity index (χ0n) is 9.29. The van der Waals surface area contributed by atoms with E-state index in [-0.39, 0.29) is 0 Å². The highest BCUT2D eigenvalue weighted by atomic mass is 79.9. The molecule has 1 aromatic carbocycles. The second-order valence-corrected chi connectivity index (χ2v) is 5.81. The highest BCUT2D eigenvalue weighted by molar-refractivity contribution is 9.09. The van der Waals surface area contributed by atoms with Gasteiger partial charge in [-0.25, -0.2) is 0 Å². The van der Waals surface area contributed by atoms with E-state index in [1.165, 1.54) is 37.0 Å². The molecule has 0 saturated carbocycles. The first-order valence-corrected chi connectivity index (χ1v) is 7.83. The summed E-state index contributed by atoms with van der Waals surface area (Å²) in [6.07, 6.45) is 7.46. The highest BCUT2D eigenvalue weighted by Gasteiger charge is 2.05. The molecule has 0 aromatic heterocycles. The fourth-order valence-electron chi connectivity index (χ4n) is 1.58. The lowest BCUT2D eigenvalue weighted by atomic mass is 10.1. The maximum absolute atomic E-state index is 3.75. The van der Waals surface area contributed by atoms with Crippen LogP contribution in [0.4, 0.5) is 0 Å². The molecule has 0 nitrogen and oxygen atoms in total. The lowest BCUT2D eigenvalue weighted by Crippen LogP contribution is -1.90. The van der Waals surface area contributed by atoms with Crippen molar-refractivity contribution in [2.24, 2.45) is 0 Å². The molecule has 0 aliphatic heterocycles. The number of thioether (sulfide) groups is 1. The van der Waals surface area contributed by atoms with Gasteiger partial charge in [0.25, 0.3) is 0 Å². The van der Waals surface area contributed by atoms with Crippen LogP contribution in [0, 0.1) is 0 Å². The van der Waals surface area contributed by atoms with Gasteiger partial charge in [0.15, 0.2) is 0 Å². The molecule has 0 aliphatic rings. The van der Waals surface area contributed by atoms with Crippen molar-refractivity contribution in [1.82, 2.24) is 0 Å². The van der Waals surface area contributed by atoms with Gasteiger partial charge in [-0.2, -0.15) is 11.8 Å². The summed E-state index contributed by atoms with van der Waals surface area (Å²) in [5.41, 5.74) is 1.40. The van der Waals surface area contributed by atoms with E-state index >= 15 is 0 Å². The monoisotopic (exact) mass is 286 g/mol. The Kier molecular flexibility index (Phi) is 7.20. The van der Waals surface area contributed by atoms with Crippen molar-refractivity contribution in [2.45, 2.75) is 30.5 Å². The molecule has 0 bridgehead atoms. The van der Waals surface area contributed by atoms with E-state index in [1.54, 1.807) is 0 Å². The molecule has 0 heterocycles. The Hall–Kier alpha value is 0.0500. The number of halogens is 1. The number of alkyl halides is 1. The van der Waals surface area contributed by atoms with Gasteiger partial charge in [-0.15, -0.1) is 0 Å². The maximum atomic E-state index is 3.75. The summed E-state index contributed by atoms with van der Waals surface area (Å²) in [4.78, 5) is 0.535. The molecule has 1 aromatic rings. The molecule has 15 heavy (non-hydrogen) atoms. The predicted molar refractivity (Wildman–Crippen MR) is 75.0 cm³/mol. The minimum atomic E-state index is 0.535. The third-order valence-corrected chi connectivity index (χ3v) is 4.15. The zero-order valence-corrected chi connectivity index (χ0v) is 11.7. The van der Waals surface area contributed by atoms with Crippen LogP contribution in [-0.2, 0) is 0 Å². The van der Waals surface area contributed by atoms with Gasteiger partial charge in [0, 0.05) is 4.83 Å². The van der Waals surface area contributed by atoms with Gasteiger partial charge in [0.1, 0.15) is 0 Å². The van der Waals surface area contributed by atoms with Gasteiger partial charge < -0.3 is 0 Å². The summed E-state index contributed by atoms with van der Waals surface area (Å²) >= 11 is 5.70. The van der Waals surface area contributed by atoms with E-state index < -0.39 is 0 Å². The fourth-order valence-corrected chi connectivity index (χ4v) is 2.70. The summed E-state index contributed by atoms with van der Waals surface area (Å²) in [6.45, 7) is 0. The molecule has 0 saturated heterocycles. The first-order chi connectivity index (χ1) is 7.34. The van der Waals surface area contributed by atoms with E-state index in [0.29, 0.717) is 4.83 Å². The fraction of sp³-hybridized carbons (Fsp3) is 0.538. The van der Waals surface area contributed by atoms with Crippen molar-refractivity contribution in [3.63, 3.8) is 0 Å². The predicted octanol–water partition coefficient (Wildman–Crippen LogP) is 5.05. The summed E-state index contributed by atoms with van der Waals surface area (Å²) in [5, 5.41) is 0. The molecule has 0 fully saturated rings. The minimum Gasteiger partial charge on any atom is -0.165 e. The number of hydrogen-bond acceptors (Lipinski definition) is 1. The Balaban J connectivity index is 2.16.